The zero-order valence-corrected chi connectivity index (χ0v) is 18.6. The fourth-order valence-electron chi connectivity index (χ4n) is 3.66. The number of nitrogens with one attached hydrogen (secondary N) is 3. The summed E-state index contributed by atoms with van der Waals surface area (Å²) in [5, 5.41) is 19.6. The quantitative estimate of drug-likeness (QED) is 0.279. The van der Waals surface area contributed by atoms with Crippen molar-refractivity contribution in [3.63, 3.8) is 0 Å². The van der Waals surface area contributed by atoms with Crippen LogP contribution in [0.5, 0.6) is 0 Å². The lowest BCUT2D eigenvalue weighted by molar-refractivity contribution is 0.102. The van der Waals surface area contributed by atoms with Crippen molar-refractivity contribution in [3.8, 4) is 6.07 Å². The molecule has 1 amide bonds. The maximum Gasteiger partial charge on any atom is 0.255 e. The highest BCUT2D eigenvalue weighted by atomic mass is 16.1. The number of carbonyl (C=O) groups excluding carboxylic acids is 1. The van der Waals surface area contributed by atoms with Gasteiger partial charge in [0.2, 0.25) is 0 Å². The van der Waals surface area contributed by atoms with Gasteiger partial charge in [0, 0.05) is 58.0 Å². The lowest BCUT2D eigenvalue weighted by Gasteiger charge is -2.12. The lowest BCUT2D eigenvalue weighted by Crippen LogP contribution is -2.12. The molecule has 0 aliphatic rings. The van der Waals surface area contributed by atoms with Crippen LogP contribution in [0.2, 0.25) is 0 Å². The number of nitrogens with zero attached hydrogens (tertiary/aromatic N) is 3. The van der Waals surface area contributed by atoms with Crippen LogP contribution < -0.4 is 16.0 Å². The third-order valence-corrected chi connectivity index (χ3v) is 5.37. The van der Waals surface area contributed by atoms with E-state index < -0.39 is 0 Å². The van der Waals surface area contributed by atoms with Crippen LogP contribution in [0.4, 0.5) is 28.4 Å². The Bertz CT molecular complexity index is 1540. The van der Waals surface area contributed by atoms with Crippen molar-refractivity contribution in [3.05, 3.63) is 115 Å². The van der Waals surface area contributed by atoms with Gasteiger partial charge in [-0.3, -0.25) is 14.8 Å². The number of benzene rings is 3. The number of pyridine rings is 2. The minimum atomic E-state index is -0.213. The lowest BCUT2D eigenvalue weighted by atomic mass is 10.1. The minimum absolute atomic E-state index is 0.213. The van der Waals surface area contributed by atoms with Crippen molar-refractivity contribution in [2.75, 3.05) is 16.0 Å². The molecule has 0 atom stereocenters. The third kappa shape index (κ3) is 5.07. The van der Waals surface area contributed by atoms with Gasteiger partial charge in [-0.25, -0.2) is 0 Å². The molecule has 3 N–H and O–H groups in total. The van der Waals surface area contributed by atoms with Crippen LogP contribution >= 0.6 is 0 Å². The Labute approximate surface area is 202 Å². The summed E-state index contributed by atoms with van der Waals surface area (Å²) in [6.07, 6.45) is 5.00. The van der Waals surface area contributed by atoms with E-state index in [-0.39, 0.29) is 5.91 Å². The standard InChI is InChI=1S/C28H20N6O/c29-17-19-15-25-26(31-18-19)5-2-6-27(25)33-24-4-1-3-20(16-24)28(35)34-22-9-7-21(8-10-22)32-23-11-13-30-14-12-23/h1-16,18,33H,(H,30,32)(H,34,35). The van der Waals surface area contributed by atoms with E-state index >= 15 is 0 Å². The molecule has 0 aliphatic heterocycles. The topological polar surface area (TPSA) is 103 Å². The smallest absolute Gasteiger partial charge is 0.255 e. The summed E-state index contributed by atoms with van der Waals surface area (Å²) in [4.78, 5) is 21.2. The number of hydrogen-bond donors (Lipinski definition) is 3. The van der Waals surface area contributed by atoms with Gasteiger partial charge in [-0.15, -0.1) is 0 Å². The molecule has 3 aromatic carbocycles. The molecular weight excluding hydrogens is 436 g/mol. The van der Waals surface area contributed by atoms with E-state index in [0.717, 1.165) is 33.7 Å². The van der Waals surface area contributed by atoms with Crippen LogP contribution in [-0.4, -0.2) is 15.9 Å². The zero-order valence-electron chi connectivity index (χ0n) is 18.6. The Balaban J connectivity index is 1.30. The molecule has 0 fully saturated rings. The molecule has 0 bridgehead atoms. The Morgan fingerprint density at radius 2 is 1.51 bits per heavy atom. The number of amides is 1. The van der Waals surface area contributed by atoms with Gasteiger partial charge in [0.1, 0.15) is 6.07 Å². The second-order valence-corrected chi connectivity index (χ2v) is 7.81. The highest BCUT2D eigenvalue weighted by Crippen LogP contribution is 2.27. The molecule has 35 heavy (non-hydrogen) atoms. The molecule has 168 valence electrons. The highest BCUT2D eigenvalue weighted by Gasteiger charge is 2.09. The van der Waals surface area contributed by atoms with Gasteiger partial charge in [-0.1, -0.05) is 12.1 Å². The summed E-state index contributed by atoms with van der Waals surface area (Å²) in [5.74, 6) is -0.213. The van der Waals surface area contributed by atoms with Crippen molar-refractivity contribution < 1.29 is 4.79 Å². The van der Waals surface area contributed by atoms with E-state index in [1.165, 1.54) is 0 Å². The molecule has 0 saturated carbocycles. The third-order valence-electron chi connectivity index (χ3n) is 5.37. The first-order chi connectivity index (χ1) is 17.2. The number of hydrogen-bond acceptors (Lipinski definition) is 6. The van der Waals surface area contributed by atoms with E-state index in [1.54, 1.807) is 36.8 Å². The fraction of sp³-hybridized carbons (Fsp3) is 0. The maximum atomic E-state index is 12.9. The monoisotopic (exact) mass is 456 g/mol. The number of anilines is 5. The predicted molar refractivity (Wildman–Crippen MR) is 138 cm³/mol. The Morgan fingerprint density at radius 1 is 0.771 bits per heavy atom. The largest absolute Gasteiger partial charge is 0.355 e. The second-order valence-electron chi connectivity index (χ2n) is 7.81. The minimum Gasteiger partial charge on any atom is -0.355 e. The van der Waals surface area contributed by atoms with Gasteiger partial charge in [-0.05, 0) is 72.8 Å². The van der Waals surface area contributed by atoms with Gasteiger partial charge in [0.25, 0.3) is 5.91 Å². The molecule has 2 aromatic heterocycles. The van der Waals surface area contributed by atoms with Crippen LogP contribution in [0, 0.1) is 11.3 Å². The molecule has 0 unspecified atom stereocenters. The Kier molecular flexibility index (Phi) is 6.01. The molecule has 0 radical (unpaired) electrons. The molecule has 7 nitrogen and oxygen atoms in total. The average molecular weight is 457 g/mol. The van der Waals surface area contributed by atoms with Gasteiger partial charge >= 0.3 is 0 Å². The van der Waals surface area contributed by atoms with Crippen LogP contribution in [0.3, 0.4) is 0 Å². The summed E-state index contributed by atoms with van der Waals surface area (Å²) in [6.45, 7) is 0. The molecule has 5 aromatic rings. The maximum absolute atomic E-state index is 12.9. The molecule has 2 heterocycles. The van der Waals surface area contributed by atoms with Crippen LogP contribution in [0.25, 0.3) is 10.9 Å². The van der Waals surface area contributed by atoms with E-state index in [1.807, 2.05) is 66.7 Å². The zero-order chi connectivity index (χ0) is 24.0. The number of rotatable bonds is 6. The molecular formula is C28H20N6O. The highest BCUT2D eigenvalue weighted by molar-refractivity contribution is 6.05. The van der Waals surface area contributed by atoms with Gasteiger partial charge < -0.3 is 16.0 Å². The van der Waals surface area contributed by atoms with E-state index in [0.29, 0.717) is 16.8 Å². The molecule has 0 spiro atoms. The van der Waals surface area contributed by atoms with Crippen LogP contribution in [0.15, 0.2) is 104 Å². The van der Waals surface area contributed by atoms with Gasteiger partial charge in [-0.2, -0.15) is 5.26 Å². The first kappa shape index (κ1) is 21.6. The Hall–Kier alpha value is -5.22. The first-order valence-corrected chi connectivity index (χ1v) is 10.9. The van der Waals surface area contributed by atoms with Crippen molar-refractivity contribution in [2.24, 2.45) is 0 Å². The summed E-state index contributed by atoms with van der Waals surface area (Å²) in [5.41, 5.74) is 5.89. The molecule has 0 saturated heterocycles. The summed E-state index contributed by atoms with van der Waals surface area (Å²) in [6, 6.07) is 28.1. The summed E-state index contributed by atoms with van der Waals surface area (Å²) >= 11 is 0. The van der Waals surface area contributed by atoms with Crippen molar-refractivity contribution >= 4 is 45.2 Å². The average Bonchev–Trinajstić information content (AvgIpc) is 2.90. The van der Waals surface area contributed by atoms with Crippen molar-refractivity contribution in [2.45, 2.75) is 0 Å². The normalized spacial score (nSPS) is 10.4. The van der Waals surface area contributed by atoms with E-state index in [9.17, 15) is 10.1 Å². The predicted octanol–water partition coefficient (Wildman–Crippen LogP) is 6.24. The summed E-state index contributed by atoms with van der Waals surface area (Å²) in [7, 11) is 0. The SMILES string of the molecule is N#Cc1cnc2cccc(Nc3cccc(C(=O)Nc4ccc(Nc5ccncc5)cc4)c3)c2c1. The van der Waals surface area contributed by atoms with E-state index in [4.69, 9.17) is 0 Å². The first-order valence-electron chi connectivity index (χ1n) is 10.9. The number of nitriles is 1. The summed E-state index contributed by atoms with van der Waals surface area (Å²) < 4.78 is 0. The fourth-order valence-corrected chi connectivity index (χ4v) is 3.66. The second kappa shape index (κ2) is 9.73. The van der Waals surface area contributed by atoms with Gasteiger partial charge in [0.15, 0.2) is 0 Å². The molecule has 5 rings (SSSR count). The van der Waals surface area contributed by atoms with Crippen molar-refractivity contribution in [1.29, 1.82) is 5.26 Å². The van der Waals surface area contributed by atoms with Crippen molar-refractivity contribution in [1.82, 2.24) is 9.97 Å². The molecule has 0 aliphatic carbocycles. The van der Waals surface area contributed by atoms with E-state index in [2.05, 4.69) is 32.0 Å². The van der Waals surface area contributed by atoms with Gasteiger partial charge in [0.05, 0.1) is 11.1 Å². The number of fused-ring (bicyclic) bond motifs is 1. The Morgan fingerprint density at radius 3 is 2.31 bits per heavy atom. The number of aromatic nitrogens is 2. The van der Waals surface area contributed by atoms with Crippen LogP contribution in [0.1, 0.15) is 15.9 Å². The van der Waals surface area contributed by atoms with Crippen LogP contribution in [-0.2, 0) is 0 Å². The number of carbonyl (C=O) groups is 1. The molecule has 7 heteroatoms.